The lowest BCUT2D eigenvalue weighted by Crippen LogP contribution is -2.50. The van der Waals surface area contributed by atoms with Crippen molar-refractivity contribution in [1.29, 1.82) is 0 Å². The Hall–Kier alpha value is -3.40. The molecule has 6 rings (SSSR count). The number of aromatic nitrogens is 2. The zero-order chi connectivity index (χ0) is 28.4. The van der Waals surface area contributed by atoms with Gasteiger partial charge in [0.15, 0.2) is 0 Å². The molecule has 8 nitrogen and oxygen atoms in total. The first-order valence-electron chi connectivity index (χ1n) is 14.1. The second-order valence-electron chi connectivity index (χ2n) is 10.7. The molecule has 41 heavy (non-hydrogen) atoms. The van der Waals surface area contributed by atoms with E-state index in [4.69, 9.17) is 16.3 Å². The van der Waals surface area contributed by atoms with Gasteiger partial charge in [0.05, 0.1) is 23.7 Å². The molecule has 0 unspecified atom stereocenters. The zero-order valence-corrected chi connectivity index (χ0v) is 24.4. The molecule has 10 heteroatoms. The van der Waals surface area contributed by atoms with Crippen LogP contribution in [-0.4, -0.2) is 60.5 Å². The van der Waals surface area contributed by atoms with Gasteiger partial charge in [-0.25, -0.2) is 8.42 Å². The molecule has 2 heterocycles. The molecule has 0 atom stereocenters. The number of hydrogen-bond donors (Lipinski definition) is 0. The number of halogens is 1. The van der Waals surface area contributed by atoms with Crippen molar-refractivity contribution in [3.05, 3.63) is 93.9 Å². The van der Waals surface area contributed by atoms with Crippen LogP contribution in [0.5, 0.6) is 5.75 Å². The van der Waals surface area contributed by atoms with Gasteiger partial charge in [-0.1, -0.05) is 60.1 Å². The van der Waals surface area contributed by atoms with Crippen LogP contribution in [0.3, 0.4) is 0 Å². The molecule has 1 aliphatic carbocycles. The van der Waals surface area contributed by atoms with Gasteiger partial charge >= 0.3 is 5.56 Å². The fourth-order valence-electron chi connectivity index (χ4n) is 5.82. The van der Waals surface area contributed by atoms with E-state index in [0.29, 0.717) is 49.0 Å². The van der Waals surface area contributed by atoms with E-state index >= 15 is 0 Å². The summed E-state index contributed by atoms with van der Waals surface area (Å²) in [6, 6.07) is 21.1. The molecule has 0 spiro atoms. The minimum Gasteiger partial charge on any atom is -0.483 e. The summed E-state index contributed by atoms with van der Waals surface area (Å²) in [4.78, 5) is 15.7. The number of benzene rings is 3. The number of aryl methyl sites for hydroxylation is 1. The van der Waals surface area contributed by atoms with Gasteiger partial charge in [0.25, 0.3) is 0 Å². The predicted octanol–water partition coefficient (Wildman–Crippen LogP) is 5.06. The minimum atomic E-state index is -3.46. The van der Waals surface area contributed by atoms with Crippen LogP contribution in [0.15, 0.2) is 77.7 Å². The number of hydrogen-bond acceptors (Lipinski definition) is 6. The second kappa shape index (κ2) is 11.8. The Bertz CT molecular complexity index is 1710. The molecule has 1 saturated carbocycles. The van der Waals surface area contributed by atoms with Crippen LogP contribution >= 0.6 is 11.6 Å². The van der Waals surface area contributed by atoms with E-state index < -0.39 is 10.0 Å². The third-order valence-corrected chi connectivity index (χ3v) is 10.1. The van der Waals surface area contributed by atoms with Crippen molar-refractivity contribution in [3.63, 3.8) is 0 Å². The van der Waals surface area contributed by atoms with Gasteiger partial charge in [0.1, 0.15) is 5.69 Å². The highest BCUT2D eigenvalue weighted by Gasteiger charge is 2.30. The molecule has 2 aliphatic rings. The Labute approximate surface area is 245 Å². The molecule has 0 N–H and O–H groups in total. The molecule has 4 aromatic rings. The second-order valence-corrected chi connectivity index (χ2v) is 13.2. The summed E-state index contributed by atoms with van der Waals surface area (Å²) in [6.45, 7) is 1.55. The Morgan fingerprint density at radius 3 is 2.44 bits per heavy atom. The lowest BCUT2D eigenvalue weighted by molar-refractivity contribution is 0.205. The van der Waals surface area contributed by atoms with E-state index in [-0.39, 0.29) is 23.2 Å². The molecule has 0 amide bonds. The topological polar surface area (TPSA) is 84.7 Å². The summed E-state index contributed by atoms with van der Waals surface area (Å²) < 4.78 is 35.8. The van der Waals surface area contributed by atoms with Crippen molar-refractivity contribution < 1.29 is 13.2 Å². The van der Waals surface area contributed by atoms with Crippen LogP contribution in [0.2, 0.25) is 5.02 Å². The van der Waals surface area contributed by atoms with Crippen LogP contribution in [-0.2, 0) is 16.4 Å². The van der Waals surface area contributed by atoms with E-state index in [9.17, 15) is 13.2 Å². The summed E-state index contributed by atoms with van der Waals surface area (Å²) >= 11 is 6.17. The van der Waals surface area contributed by atoms with Crippen LogP contribution in [0.4, 0.5) is 5.69 Å². The predicted molar refractivity (Wildman–Crippen MR) is 163 cm³/mol. The normalized spacial score (nSPS) is 16.9. The highest BCUT2D eigenvalue weighted by Crippen LogP contribution is 2.31. The van der Waals surface area contributed by atoms with Crippen LogP contribution in [0.1, 0.15) is 31.2 Å². The SMILES string of the molecule is O=c1c(OC2CCCC2)c(N2CCN(S(=O)(=O)CCc3cccc4ccccc34)CC2)cnn1-c1cccc(Cl)c1. The summed E-state index contributed by atoms with van der Waals surface area (Å²) in [6.07, 6.45) is 6.03. The first kappa shape index (κ1) is 27.8. The average molecular weight is 593 g/mol. The van der Waals surface area contributed by atoms with Gasteiger partial charge < -0.3 is 9.64 Å². The Kier molecular flexibility index (Phi) is 8.01. The highest BCUT2D eigenvalue weighted by molar-refractivity contribution is 7.89. The van der Waals surface area contributed by atoms with E-state index in [2.05, 4.69) is 5.10 Å². The maximum absolute atomic E-state index is 13.7. The molecule has 1 aliphatic heterocycles. The fraction of sp³-hybridized carbons (Fsp3) is 0.355. The van der Waals surface area contributed by atoms with Crippen molar-refractivity contribution in [2.45, 2.75) is 38.2 Å². The van der Waals surface area contributed by atoms with Gasteiger partial charge in [0.2, 0.25) is 15.8 Å². The maximum atomic E-state index is 13.7. The Balaban J connectivity index is 1.19. The standard InChI is InChI=1S/C31H33ClN4O4S/c32-25-10-6-11-26(21-25)36-31(37)30(40-27-12-2-3-13-27)29(22-33-36)34-16-18-35(19-17-34)41(38,39)20-15-24-9-5-8-23-7-1-4-14-28(23)24/h1,4-11,14,21-22,27H,2-3,12-13,15-20H2. The van der Waals surface area contributed by atoms with Gasteiger partial charge in [-0.15, -0.1) is 0 Å². The van der Waals surface area contributed by atoms with Crippen LogP contribution in [0.25, 0.3) is 16.5 Å². The average Bonchev–Trinajstić information content (AvgIpc) is 3.50. The zero-order valence-electron chi connectivity index (χ0n) is 22.8. The molecule has 214 valence electrons. The molecule has 1 aromatic heterocycles. The molecular formula is C31H33ClN4O4S. The third-order valence-electron chi connectivity index (χ3n) is 8.04. The van der Waals surface area contributed by atoms with Crippen molar-refractivity contribution >= 4 is 38.1 Å². The molecule has 1 saturated heterocycles. The van der Waals surface area contributed by atoms with Gasteiger partial charge in [-0.2, -0.15) is 14.1 Å². The number of sulfonamides is 1. The molecular weight excluding hydrogens is 560 g/mol. The first-order valence-corrected chi connectivity index (χ1v) is 16.1. The van der Waals surface area contributed by atoms with E-state index in [1.54, 1.807) is 34.8 Å². The largest absolute Gasteiger partial charge is 0.483 e. The van der Waals surface area contributed by atoms with Gasteiger partial charge in [0, 0.05) is 31.2 Å². The van der Waals surface area contributed by atoms with Crippen molar-refractivity contribution in [2.24, 2.45) is 0 Å². The number of rotatable bonds is 8. The van der Waals surface area contributed by atoms with Crippen molar-refractivity contribution in [1.82, 2.24) is 14.1 Å². The minimum absolute atomic E-state index is 0.0209. The highest BCUT2D eigenvalue weighted by atomic mass is 35.5. The molecule has 2 fully saturated rings. The van der Waals surface area contributed by atoms with Gasteiger partial charge in [-0.3, -0.25) is 4.79 Å². The van der Waals surface area contributed by atoms with Gasteiger partial charge in [-0.05, 0) is 66.6 Å². The Morgan fingerprint density at radius 2 is 1.66 bits per heavy atom. The number of ether oxygens (including phenoxy) is 1. The molecule has 0 radical (unpaired) electrons. The number of fused-ring (bicyclic) bond motifs is 1. The monoisotopic (exact) mass is 592 g/mol. The van der Waals surface area contributed by atoms with Crippen LogP contribution in [0, 0.1) is 0 Å². The lowest BCUT2D eigenvalue weighted by atomic mass is 10.0. The molecule has 3 aromatic carbocycles. The van der Waals surface area contributed by atoms with E-state index in [1.807, 2.05) is 47.4 Å². The van der Waals surface area contributed by atoms with E-state index in [1.165, 1.54) is 4.68 Å². The lowest BCUT2D eigenvalue weighted by Gasteiger charge is -2.36. The van der Waals surface area contributed by atoms with Crippen LogP contribution < -0.4 is 15.2 Å². The number of anilines is 1. The molecule has 0 bridgehead atoms. The summed E-state index contributed by atoms with van der Waals surface area (Å²) in [5.41, 5.74) is 1.85. The number of nitrogens with zero attached hydrogens (tertiary/aromatic N) is 4. The summed E-state index contributed by atoms with van der Waals surface area (Å²) in [5.74, 6) is 0.313. The summed E-state index contributed by atoms with van der Waals surface area (Å²) in [5, 5.41) is 7.15. The maximum Gasteiger partial charge on any atom is 0.316 e. The van der Waals surface area contributed by atoms with Crippen molar-refractivity contribution in [2.75, 3.05) is 36.8 Å². The number of piperazine rings is 1. The summed E-state index contributed by atoms with van der Waals surface area (Å²) in [7, 11) is -3.46. The Morgan fingerprint density at radius 1 is 0.927 bits per heavy atom. The smallest absolute Gasteiger partial charge is 0.316 e. The first-order chi connectivity index (χ1) is 19.9. The third kappa shape index (κ3) is 5.98. The van der Waals surface area contributed by atoms with E-state index in [0.717, 1.165) is 42.0 Å². The fourth-order valence-corrected chi connectivity index (χ4v) is 7.46. The quantitative estimate of drug-likeness (QED) is 0.284. The van der Waals surface area contributed by atoms with Crippen molar-refractivity contribution in [3.8, 4) is 11.4 Å².